The Morgan fingerprint density at radius 3 is 2.48 bits per heavy atom. The van der Waals surface area contributed by atoms with Crippen molar-refractivity contribution in [3.05, 3.63) is 24.3 Å². The molecule has 0 bridgehead atoms. The lowest BCUT2D eigenvalue weighted by Crippen LogP contribution is -2.28. The van der Waals surface area contributed by atoms with E-state index in [2.05, 4.69) is 10.0 Å². The molecule has 0 radical (unpaired) electrons. The van der Waals surface area contributed by atoms with Crippen molar-refractivity contribution in [1.82, 2.24) is 4.72 Å². The number of nitrogens with two attached hydrogens (primary N) is 1. The van der Waals surface area contributed by atoms with Crippen molar-refractivity contribution >= 4 is 21.6 Å². The van der Waals surface area contributed by atoms with Crippen molar-refractivity contribution in [3.63, 3.8) is 0 Å². The largest absolute Gasteiger partial charge is 0.327 e. The predicted molar refractivity (Wildman–Crippen MR) is 81.3 cm³/mol. The van der Waals surface area contributed by atoms with Crippen molar-refractivity contribution in [3.8, 4) is 0 Å². The van der Waals surface area contributed by atoms with Crippen LogP contribution < -0.4 is 15.8 Å². The summed E-state index contributed by atoms with van der Waals surface area (Å²) in [6, 6.07) is 6.00. The van der Waals surface area contributed by atoms with Crippen LogP contribution in [0.15, 0.2) is 29.2 Å². The van der Waals surface area contributed by atoms with Crippen LogP contribution in [0.2, 0.25) is 0 Å². The van der Waals surface area contributed by atoms with Gasteiger partial charge in [-0.15, -0.1) is 0 Å². The zero-order valence-electron chi connectivity index (χ0n) is 12.0. The Bertz CT molecular complexity index is 594. The molecule has 1 amide bonds. The summed E-state index contributed by atoms with van der Waals surface area (Å²) in [7, 11) is -3.46. The van der Waals surface area contributed by atoms with E-state index in [4.69, 9.17) is 5.73 Å². The maximum Gasteiger partial charge on any atom is 0.240 e. The van der Waals surface area contributed by atoms with Crippen LogP contribution in [0, 0.1) is 5.92 Å². The lowest BCUT2D eigenvalue weighted by atomic mass is 10.1. The standard InChI is InChI=1S/C14H21N3O3S/c1-2-16-21(19,20)12-7-5-11(6-8-12)17-14(18)9-13(15)10-3-4-10/h5-8,10,13,16H,2-4,9,15H2,1H3,(H,17,18). The molecule has 21 heavy (non-hydrogen) atoms. The number of amides is 1. The van der Waals surface area contributed by atoms with Gasteiger partial charge in [0, 0.05) is 24.7 Å². The molecule has 1 saturated carbocycles. The van der Waals surface area contributed by atoms with Crippen LogP contribution in [0.4, 0.5) is 5.69 Å². The van der Waals surface area contributed by atoms with Crippen LogP contribution in [0.5, 0.6) is 0 Å². The quantitative estimate of drug-likeness (QED) is 0.700. The van der Waals surface area contributed by atoms with E-state index in [1.165, 1.54) is 12.1 Å². The van der Waals surface area contributed by atoms with Gasteiger partial charge in [-0.05, 0) is 43.0 Å². The maximum atomic E-state index is 11.8. The Morgan fingerprint density at radius 2 is 1.95 bits per heavy atom. The number of anilines is 1. The van der Waals surface area contributed by atoms with Crippen molar-refractivity contribution in [1.29, 1.82) is 0 Å². The summed E-state index contributed by atoms with van der Waals surface area (Å²) >= 11 is 0. The van der Waals surface area contributed by atoms with Crippen molar-refractivity contribution < 1.29 is 13.2 Å². The summed E-state index contributed by atoms with van der Waals surface area (Å²) in [4.78, 5) is 12.0. The topological polar surface area (TPSA) is 101 Å². The Morgan fingerprint density at radius 1 is 1.33 bits per heavy atom. The van der Waals surface area contributed by atoms with Gasteiger partial charge in [-0.1, -0.05) is 6.92 Å². The summed E-state index contributed by atoms with van der Waals surface area (Å²) in [5, 5.41) is 2.73. The monoisotopic (exact) mass is 311 g/mol. The molecular formula is C14H21N3O3S. The van der Waals surface area contributed by atoms with Crippen LogP contribution >= 0.6 is 0 Å². The molecule has 4 N–H and O–H groups in total. The normalized spacial score (nSPS) is 16.5. The molecule has 7 heteroatoms. The van der Waals surface area contributed by atoms with E-state index in [1.54, 1.807) is 19.1 Å². The summed E-state index contributed by atoms with van der Waals surface area (Å²) in [5.74, 6) is 0.333. The lowest BCUT2D eigenvalue weighted by Gasteiger charge is -2.11. The molecule has 1 atom stereocenters. The molecule has 0 heterocycles. The van der Waals surface area contributed by atoms with Crippen LogP contribution in [-0.4, -0.2) is 26.9 Å². The van der Waals surface area contributed by atoms with E-state index < -0.39 is 10.0 Å². The fourth-order valence-electron chi connectivity index (χ4n) is 2.11. The highest BCUT2D eigenvalue weighted by molar-refractivity contribution is 7.89. The van der Waals surface area contributed by atoms with Crippen molar-refractivity contribution in [2.24, 2.45) is 11.7 Å². The molecule has 1 aromatic carbocycles. The van der Waals surface area contributed by atoms with Gasteiger partial charge < -0.3 is 11.1 Å². The minimum atomic E-state index is -3.46. The number of hydrogen-bond acceptors (Lipinski definition) is 4. The number of nitrogens with one attached hydrogen (secondary N) is 2. The Hall–Kier alpha value is -1.44. The predicted octanol–water partition coefficient (Wildman–Crippen LogP) is 1.05. The number of benzene rings is 1. The lowest BCUT2D eigenvalue weighted by molar-refractivity contribution is -0.116. The molecule has 1 unspecified atom stereocenters. The first-order valence-electron chi connectivity index (χ1n) is 7.07. The van der Waals surface area contributed by atoms with E-state index in [1.807, 2.05) is 0 Å². The van der Waals surface area contributed by atoms with E-state index in [0.717, 1.165) is 12.8 Å². The average Bonchev–Trinajstić information content (AvgIpc) is 3.23. The van der Waals surface area contributed by atoms with Crippen LogP contribution in [0.1, 0.15) is 26.2 Å². The molecule has 1 aliphatic rings. The second-order valence-corrected chi connectivity index (χ2v) is 7.05. The molecule has 1 aromatic rings. The summed E-state index contributed by atoms with van der Waals surface area (Å²) in [6.07, 6.45) is 2.50. The van der Waals surface area contributed by atoms with Gasteiger partial charge in [-0.3, -0.25) is 4.79 Å². The first-order chi connectivity index (χ1) is 9.92. The maximum absolute atomic E-state index is 11.8. The van der Waals surface area contributed by atoms with Crippen LogP contribution in [0.25, 0.3) is 0 Å². The van der Waals surface area contributed by atoms with E-state index in [0.29, 0.717) is 24.6 Å². The SMILES string of the molecule is CCNS(=O)(=O)c1ccc(NC(=O)CC(N)C2CC2)cc1. The smallest absolute Gasteiger partial charge is 0.240 e. The molecule has 1 fully saturated rings. The van der Waals surface area contributed by atoms with Gasteiger partial charge >= 0.3 is 0 Å². The van der Waals surface area contributed by atoms with Crippen LogP contribution in [0.3, 0.4) is 0 Å². The van der Waals surface area contributed by atoms with Crippen molar-refractivity contribution in [2.45, 2.75) is 37.1 Å². The third-order valence-corrected chi connectivity index (χ3v) is 4.99. The third kappa shape index (κ3) is 4.52. The Balaban J connectivity index is 1.94. The number of carbonyl (C=O) groups excluding carboxylic acids is 1. The minimum Gasteiger partial charge on any atom is -0.327 e. The first-order valence-corrected chi connectivity index (χ1v) is 8.56. The summed E-state index contributed by atoms with van der Waals surface area (Å²) < 4.78 is 26.0. The van der Waals surface area contributed by atoms with Gasteiger partial charge in [-0.2, -0.15) is 0 Å². The highest BCUT2D eigenvalue weighted by atomic mass is 32.2. The van der Waals surface area contributed by atoms with E-state index in [9.17, 15) is 13.2 Å². The second-order valence-electron chi connectivity index (χ2n) is 5.28. The molecule has 116 valence electrons. The molecule has 6 nitrogen and oxygen atoms in total. The highest BCUT2D eigenvalue weighted by Gasteiger charge is 2.29. The fourth-order valence-corrected chi connectivity index (χ4v) is 3.15. The average molecular weight is 311 g/mol. The zero-order valence-corrected chi connectivity index (χ0v) is 12.8. The van der Waals surface area contributed by atoms with Crippen LogP contribution in [-0.2, 0) is 14.8 Å². The van der Waals surface area contributed by atoms with Gasteiger partial charge in [0.15, 0.2) is 0 Å². The molecule has 0 spiro atoms. The van der Waals surface area contributed by atoms with Gasteiger partial charge in [-0.25, -0.2) is 13.1 Å². The number of carbonyl (C=O) groups is 1. The fraction of sp³-hybridized carbons (Fsp3) is 0.500. The molecule has 0 aliphatic heterocycles. The molecule has 0 saturated heterocycles. The first kappa shape index (κ1) is 15.9. The zero-order chi connectivity index (χ0) is 15.5. The molecule has 0 aromatic heterocycles. The molecular weight excluding hydrogens is 290 g/mol. The molecule has 2 rings (SSSR count). The number of sulfonamides is 1. The Labute approximate surface area is 125 Å². The number of rotatable bonds is 7. The third-order valence-electron chi connectivity index (χ3n) is 3.43. The number of hydrogen-bond donors (Lipinski definition) is 3. The minimum absolute atomic E-state index is 0.0848. The van der Waals surface area contributed by atoms with Gasteiger partial charge in [0.1, 0.15) is 0 Å². The van der Waals surface area contributed by atoms with Crippen molar-refractivity contribution in [2.75, 3.05) is 11.9 Å². The summed E-state index contributed by atoms with van der Waals surface area (Å²) in [5.41, 5.74) is 6.47. The Kier molecular flexibility index (Phi) is 4.97. The van der Waals surface area contributed by atoms with Gasteiger partial charge in [0.25, 0.3) is 0 Å². The van der Waals surface area contributed by atoms with Gasteiger partial charge in [0.05, 0.1) is 4.90 Å². The van der Waals surface area contributed by atoms with Gasteiger partial charge in [0.2, 0.25) is 15.9 Å². The molecule has 1 aliphatic carbocycles. The van der Waals surface area contributed by atoms with E-state index >= 15 is 0 Å². The summed E-state index contributed by atoms with van der Waals surface area (Å²) in [6.45, 7) is 2.05. The van der Waals surface area contributed by atoms with E-state index in [-0.39, 0.29) is 16.8 Å². The highest BCUT2D eigenvalue weighted by Crippen LogP contribution is 2.32. The second kappa shape index (κ2) is 6.55.